The van der Waals surface area contributed by atoms with E-state index in [0.29, 0.717) is 12.1 Å². The highest BCUT2D eigenvalue weighted by atomic mass is 32.1. The molecule has 0 fully saturated rings. The van der Waals surface area contributed by atoms with Crippen molar-refractivity contribution in [1.29, 1.82) is 0 Å². The van der Waals surface area contributed by atoms with Gasteiger partial charge in [-0.1, -0.05) is 24.3 Å². The predicted octanol–water partition coefficient (Wildman–Crippen LogP) is 3.79. The molecule has 1 aromatic carbocycles. The van der Waals surface area contributed by atoms with Crippen molar-refractivity contribution in [2.24, 2.45) is 0 Å². The van der Waals surface area contributed by atoms with Crippen LogP contribution in [-0.4, -0.2) is 15.5 Å². The second-order valence-corrected chi connectivity index (χ2v) is 6.42. The third-order valence-corrected chi connectivity index (χ3v) is 4.74. The van der Waals surface area contributed by atoms with Crippen molar-refractivity contribution in [3.8, 4) is 5.13 Å². The molecule has 2 heterocycles. The van der Waals surface area contributed by atoms with Gasteiger partial charge in [0.05, 0.1) is 5.56 Å². The van der Waals surface area contributed by atoms with Crippen molar-refractivity contribution in [3.05, 3.63) is 70.0 Å². The number of benzene rings is 1. The molecule has 5 heteroatoms. The lowest BCUT2D eigenvalue weighted by Crippen LogP contribution is -2.23. The van der Waals surface area contributed by atoms with Gasteiger partial charge < -0.3 is 5.32 Å². The summed E-state index contributed by atoms with van der Waals surface area (Å²) in [5, 5.41) is 5.84. The number of carbonyl (C=O) groups is 1. The fraction of sp³-hybridized carbons (Fsp3) is 0.222. The molecule has 1 N–H and O–H groups in total. The SMILES string of the molecule is Cc1ccccc1CNC(=O)c1cc(C)n(-c2nccs2)c1C. The van der Waals surface area contributed by atoms with Crippen LogP contribution in [0.4, 0.5) is 0 Å². The van der Waals surface area contributed by atoms with Crippen LogP contribution in [0, 0.1) is 20.8 Å². The lowest BCUT2D eigenvalue weighted by atomic mass is 10.1. The van der Waals surface area contributed by atoms with Crippen molar-refractivity contribution >= 4 is 17.2 Å². The van der Waals surface area contributed by atoms with Crippen molar-refractivity contribution in [3.63, 3.8) is 0 Å². The molecule has 0 saturated carbocycles. The number of nitrogens with zero attached hydrogens (tertiary/aromatic N) is 2. The average molecular weight is 325 g/mol. The molecule has 0 atom stereocenters. The Bertz CT molecular complexity index is 834. The molecule has 0 saturated heterocycles. The van der Waals surface area contributed by atoms with Crippen LogP contribution in [0.25, 0.3) is 5.13 Å². The first-order valence-corrected chi connectivity index (χ1v) is 8.37. The van der Waals surface area contributed by atoms with Crippen molar-refractivity contribution in [1.82, 2.24) is 14.9 Å². The second-order valence-electron chi connectivity index (χ2n) is 5.54. The van der Waals surface area contributed by atoms with Crippen molar-refractivity contribution < 1.29 is 4.79 Å². The number of aromatic nitrogens is 2. The normalized spacial score (nSPS) is 10.7. The number of hydrogen-bond acceptors (Lipinski definition) is 3. The van der Waals surface area contributed by atoms with E-state index in [1.807, 2.05) is 48.1 Å². The van der Waals surface area contributed by atoms with Gasteiger partial charge in [-0.3, -0.25) is 9.36 Å². The van der Waals surface area contributed by atoms with Gasteiger partial charge in [-0.15, -0.1) is 11.3 Å². The van der Waals surface area contributed by atoms with Crippen molar-refractivity contribution in [2.75, 3.05) is 0 Å². The standard InChI is InChI=1S/C18H19N3OS/c1-12-6-4-5-7-15(12)11-20-17(22)16-10-13(2)21(14(16)3)18-19-8-9-23-18/h4-10H,11H2,1-3H3,(H,20,22). The Kier molecular flexibility index (Phi) is 4.30. The summed E-state index contributed by atoms with van der Waals surface area (Å²) in [6, 6.07) is 10.00. The van der Waals surface area contributed by atoms with E-state index in [4.69, 9.17) is 0 Å². The van der Waals surface area contributed by atoms with Gasteiger partial charge >= 0.3 is 0 Å². The van der Waals surface area contributed by atoms with Crippen molar-refractivity contribution in [2.45, 2.75) is 27.3 Å². The number of thiazole rings is 1. The molecule has 4 nitrogen and oxygen atoms in total. The summed E-state index contributed by atoms with van der Waals surface area (Å²) in [4.78, 5) is 16.9. The molecule has 0 aliphatic rings. The van der Waals surface area contributed by atoms with Crippen LogP contribution in [0.1, 0.15) is 32.9 Å². The molecule has 3 aromatic rings. The quantitative estimate of drug-likeness (QED) is 0.793. The van der Waals surface area contributed by atoms with Crippen LogP contribution in [0.3, 0.4) is 0 Å². The smallest absolute Gasteiger partial charge is 0.253 e. The summed E-state index contributed by atoms with van der Waals surface area (Å²) in [6.45, 7) is 6.53. The van der Waals surface area contributed by atoms with Gasteiger partial charge in [-0.2, -0.15) is 0 Å². The minimum Gasteiger partial charge on any atom is -0.348 e. The molecule has 118 valence electrons. The van der Waals surface area contributed by atoms with Crippen LogP contribution in [-0.2, 0) is 6.54 Å². The second kappa shape index (κ2) is 6.38. The maximum atomic E-state index is 12.5. The molecule has 0 radical (unpaired) electrons. The largest absolute Gasteiger partial charge is 0.348 e. The molecule has 0 bridgehead atoms. The lowest BCUT2D eigenvalue weighted by Gasteiger charge is -2.08. The van der Waals surface area contributed by atoms with Gasteiger partial charge in [0, 0.05) is 29.5 Å². The number of carbonyl (C=O) groups excluding carboxylic acids is 1. The molecular formula is C18H19N3OS. The monoisotopic (exact) mass is 325 g/mol. The van der Waals surface area contributed by atoms with Crippen LogP contribution in [0.15, 0.2) is 41.9 Å². The van der Waals surface area contributed by atoms with E-state index >= 15 is 0 Å². The zero-order valence-corrected chi connectivity index (χ0v) is 14.3. The third-order valence-electron chi connectivity index (χ3n) is 3.99. The van der Waals surface area contributed by atoms with Gasteiger partial charge in [0.25, 0.3) is 5.91 Å². The number of aryl methyl sites for hydroxylation is 2. The Balaban J connectivity index is 1.81. The van der Waals surface area contributed by atoms with Crippen LogP contribution in [0.5, 0.6) is 0 Å². The Morgan fingerprint density at radius 2 is 2.04 bits per heavy atom. The topological polar surface area (TPSA) is 46.9 Å². The van der Waals surface area contributed by atoms with Crippen LogP contribution < -0.4 is 5.32 Å². The van der Waals surface area contributed by atoms with Gasteiger partial charge in [-0.25, -0.2) is 4.98 Å². The Labute approximate surface area is 139 Å². The van der Waals surface area contributed by atoms with E-state index in [1.54, 1.807) is 17.5 Å². The highest BCUT2D eigenvalue weighted by molar-refractivity contribution is 7.12. The van der Waals surface area contributed by atoms with Gasteiger partial charge in [-0.05, 0) is 38.0 Å². The predicted molar refractivity (Wildman–Crippen MR) is 93.3 cm³/mol. The minimum absolute atomic E-state index is 0.0517. The molecular weight excluding hydrogens is 306 g/mol. The number of rotatable bonds is 4. The maximum Gasteiger partial charge on any atom is 0.253 e. The summed E-state index contributed by atoms with van der Waals surface area (Å²) in [5.74, 6) is -0.0517. The van der Waals surface area contributed by atoms with Gasteiger partial charge in [0.15, 0.2) is 5.13 Å². The summed E-state index contributed by atoms with van der Waals surface area (Å²) in [5.41, 5.74) is 4.94. The van der Waals surface area contributed by atoms with Gasteiger partial charge in [0.2, 0.25) is 0 Å². The first-order valence-electron chi connectivity index (χ1n) is 7.49. The zero-order chi connectivity index (χ0) is 16.4. The minimum atomic E-state index is -0.0517. The molecule has 2 aromatic heterocycles. The summed E-state index contributed by atoms with van der Waals surface area (Å²) >= 11 is 1.56. The number of amides is 1. The number of nitrogens with one attached hydrogen (secondary N) is 1. The first-order chi connectivity index (χ1) is 11.1. The summed E-state index contributed by atoms with van der Waals surface area (Å²) < 4.78 is 2.02. The summed E-state index contributed by atoms with van der Waals surface area (Å²) in [6.07, 6.45) is 1.77. The third kappa shape index (κ3) is 3.05. The Hall–Kier alpha value is -2.40. The number of hydrogen-bond donors (Lipinski definition) is 1. The van der Waals surface area contributed by atoms with E-state index in [2.05, 4.69) is 23.3 Å². The maximum absolute atomic E-state index is 12.5. The molecule has 3 rings (SSSR count). The van der Waals surface area contributed by atoms with E-state index in [-0.39, 0.29) is 5.91 Å². The van der Waals surface area contributed by atoms with E-state index < -0.39 is 0 Å². The van der Waals surface area contributed by atoms with Crippen LogP contribution >= 0.6 is 11.3 Å². The molecule has 0 aliphatic carbocycles. The molecule has 0 spiro atoms. The first kappa shape index (κ1) is 15.5. The Morgan fingerprint density at radius 3 is 2.74 bits per heavy atom. The zero-order valence-electron chi connectivity index (χ0n) is 13.5. The fourth-order valence-corrected chi connectivity index (χ4v) is 3.44. The lowest BCUT2D eigenvalue weighted by molar-refractivity contribution is 0.0950. The van der Waals surface area contributed by atoms with Crippen LogP contribution in [0.2, 0.25) is 0 Å². The molecule has 23 heavy (non-hydrogen) atoms. The van der Waals surface area contributed by atoms with Gasteiger partial charge in [0.1, 0.15) is 0 Å². The van der Waals surface area contributed by atoms with E-state index in [1.165, 1.54) is 5.56 Å². The highest BCUT2D eigenvalue weighted by Gasteiger charge is 2.17. The molecule has 1 amide bonds. The average Bonchev–Trinajstić information content (AvgIpc) is 3.14. The highest BCUT2D eigenvalue weighted by Crippen LogP contribution is 2.22. The summed E-state index contributed by atoms with van der Waals surface area (Å²) in [7, 11) is 0. The van der Waals surface area contributed by atoms with E-state index in [9.17, 15) is 4.79 Å². The fourth-order valence-electron chi connectivity index (χ4n) is 2.69. The molecule has 0 aliphatic heterocycles. The van der Waals surface area contributed by atoms with E-state index in [0.717, 1.165) is 22.1 Å². The molecule has 0 unspecified atom stereocenters. The Morgan fingerprint density at radius 1 is 1.26 bits per heavy atom.